The quantitative estimate of drug-likeness (QED) is 0.738. The molecule has 0 spiro atoms. The van der Waals surface area contributed by atoms with Crippen molar-refractivity contribution in [2.75, 3.05) is 14.2 Å². The van der Waals surface area contributed by atoms with Crippen molar-refractivity contribution in [2.24, 2.45) is 0 Å². The van der Waals surface area contributed by atoms with Crippen LogP contribution in [0.5, 0.6) is 11.5 Å². The number of nitrogens with one attached hydrogen (secondary N) is 1. The van der Waals surface area contributed by atoms with Gasteiger partial charge in [-0.15, -0.1) is 0 Å². The van der Waals surface area contributed by atoms with Crippen molar-refractivity contribution >= 4 is 5.91 Å². The van der Waals surface area contributed by atoms with E-state index < -0.39 is 0 Å². The third-order valence-corrected chi connectivity index (χ3v) is 3.78. The number of aromatic nitrogens is 1. The van der Waals surface area contributed by atoms with Crippen LogP contribution in [-0.4, -0.2) is 25.1 Å². The Morgan fingerprint density at radius 2 is 2.04 bits per heavy atom. The second-order valence-electron chi connectivity index (χ2n) is 5.31. The van der Waals surface area contributed by atoms with Gasteiger partial charge >= 0.3 is 0 Å². The molecule has 3 aromatic rings. The summed E-state index contributed by atoms with van der Waals surface area (Å²) in [7, 11) is 3.16. The van der Waals surface area contributed by atoms with E-state index >= 15 is 0 Å². The summed E-state index contributed by atoms with van der Waals surface area (Å²) in [5, 5.41) is 2.89. The molecule has 2 aromatic heterocycles. The number of oxazole rings is 1. The van der Waals surface area contributed by atoms with Crippen LogP contribution in [-0.2, 0) is 0 Å². The average molecular weight is 342 g/mol. The van der Waals surface area contributed by atoms with Crippen molar-refractivity contribution < 1.29 is 23.1 Å². The lowest BCUT2D eigenvalue weighted by Gasteiger charge is -2.18. The molecule has 7 nitrogen and oxygen atoms in total. The first-order chi connectivity index (χ1) is 12.1. The van der Waals surface area contributed by atoms with Gasteiger partial charge in [0.15, 0.2) is 17.8 Å². The number of carbonyl (C=O) groups excluding carboxylic acids is 1. The summed E-state index contributed by atoms with van der Waals surface area (Å²) in [6, 6.07) is 8.48. The van der Waals surface area contributed by atoms with Gasteiger partial charge in [0.25, 0.3) is 5.91 Å². The number of rotatable bonds is 6. The van der Waals surface area contributed by atoms with E-state index in [1.54, 1.807) is 38.5 Å². The zero-order valence-electron chi connectivity index (χ0n) is 14.1. The van der Waals surface area contributed by atoms with E-state index in [0.717, 1.165) is 5.56 Å². The molecule has 25 heavy (non-hydrogen) atoms. The van der Waals surface area contributed by atoms with Crippen LogP contribution in [0.2, 0.25) is 0 Å². The van der Waals surface area contributed by atoms with Gasteiger partial charge in [0.2, 0.25) is 5.76 Å². The topological polar surface area (TPSA) is 86.7 Å². The van der Waals surface area contributed by atoms with Gasteiger partial charge < -0.3 is 23.6 Å². The molecule has 0 aliphatic carbocycles. The third-order valence-electron chi connectivity index (χ3n) is 3.78. The van der Waals surface area contributed by atoms with Crippen molar-refractivity contribution in [3.63, 3.8) is 0 Å². The number of benzene rings is 1. The monoisotopic (exact) mass is 342 g/mol. The van der Waals surface area contributed by atoms with Crippen LogP contribution < -0.4 is 14.8 Å². The molecule has 0 aliphatic rings. The smallest absolute Gasteiger partial charge is 0.274 e. The van der Waals surface area contributed by atoms with Crippen molar-refractivity contribution in [2.45, 2.75) is 13.0 Å². The van der Waals surface area contributed by atoms with Gasteiger partial charge in [0, 0.05) is 5.56 Å². The highest BCUT2D eigenvalue weighted by Gasteiger charge is 2.23. The number of carbonyl (C=O) groups is 1. The molecule has 1 atom stereocenters. The Balaban J connectivity index is 1.84. The summed E-state index contributed by atoms with van der Waals surface area (Å²) in [6.07, 6.45) is 2.72. The molecule has 1 aromatic carbocycles. The first kappa shape index (κ1) is 16.6. The summed E-state index contributed by atoms with van der Waals surface area (Å²) in [4.78, 5) is 16.6. The Kier molecular flexibility index (Phi) is 4.74. The zero-order chi connectivity index (χ0) is 17.8. The first-order valence-electron chi connectivity index (χ1n) is 7.64. The van der Waals surface area contributed by atoms with E-state index in [4.69, 9.17) is 18.3 Å². The first-order valence-corrected chi connectivity index (χ1v) is 7.64. The van der Waals surface area contributed by atoms with Crippen molar-refractivity contribution in [1.29, 1.82) is 0 Å². The van der Waals surface area contributed by atoms with Gasteiger partial charge in [-0.2, -0.15) is 0 Å². The number of nitrogens with zero attached hydrogens (tertiary/aromatic N) is 1. The normalized spacial score (nSPS) is 11.8. The Bertz CT molecular complexity index is 854. The van der Waals surface area contributed by atoms with Crippen molar-refractivity contribution in [1.82, 2.24) is 10.3 Å². The van der Waals surface area contributed by atoms with Crippen LogP contribution >= 0.6 is 0 Å². The maximum Gasteiger partial charge on any atom is 0.274 e. The second-order valence-corrected chi connectivity index (χ2v) is 5.31. The van der Waals surface area contributed by atoms with Gasteiger partial charge in [0.05, 0.1) is 26.5 Å². The summed E-state index contributed by atoms with van der Waals surface area (Å²) in [6.45, 7) is 1.85. The fourth-order valence-corrected chi connectivity index (χ4v) is 2.51. The Hall–Kier alpha value is -3.22. The molecule has 0 saturated carbocycles. The molecule has 0 radical (unpaired) electrons. The lowest BCUT2D eigenvalue weighted by Crippen LogP contribution is -2.27. The van der Waals surface area contributed by atoms with Crippen LogP contribution in [0.25, 0.3) is 11.5 Å². The van der Waals surface area contributed by atoms with Crippen LogP contribution in [0.15, 0.2) is 51.8 Å². The fourth-order valence-electron chi connectivity index (χ4n) is 2.51. The molecule has 1 amide bonds. The van der Waals surface area contributed by atoms with Gasteiger partial charge in [-0.3, -0.25) is 4.79 Å². The molecule has 7 heteroatoms. The van der Waals surface area contributed by atoms with E-state index in [-0.39, 0.29) is 23.4 Å². The maximum atomic E-state index is 12.6. The Morgan fingerprint density at radius 1 is 1.20 bits per heavy atom. The Morgan fingerprint density at radius 3 is 2.72 bits per heavy atom. The van der Waals surface area contributed by atoms with Crippen molar-refractivity contribution in [3.05, 3.63) is 54.2 Å². The zero-order valence-corrected chi connectivity index (χ0v) is 14.1. The van der Waals surface area contributed by atoms with E-state index in [1.165, 1.54) is 12.7 Å². The van der Waals surface area contributed by atoms with E-state index in [9.17, 15) is 4.79 Å². The molecule has 1 N–H and O–H groups in total. The van der Waals surface area contributed by atoms with Gasteiger partial charge in [-0.25, -0.2) is 4.98 Å². The van der Waals surface area contributed by atoms with E-state index in [1.807, 2.05) is 13.0 Å². The van der Waals surface area contributed by atoms with Crippen LogP contribution in [0.1, 0.15) is 29.0 Å². The summed E-state index contributed by atoms with van der Waals surface area (Å²) >= 11 is 0. The molecule has 0 fully saturated rings. The highest BCUT2D eigenvalue weighted by molar-refractivity contribution is 5.97. The molecule has 1 unspecified atom stereocenters. The lowest BCUT2D eigenvalue weighted by atomic mass is 10.1. The number of ether oxygens (including phenoxy) is 2. The minimum absolute atomic E-state index is 0.156. The standard InChI is InChI=1S/C18H18N2O5/c1-11(13-9-12(22-2)6-7-14(13)23-3)20-18(21)16-17(25-10-19-16)15-5-4-8-24-15/h4-11H,1-3H3,(H,20,21). The molecule has 130 valence electrons. The minimum atomic E-state index is -0.377. The van der Waals surface area contributed by atoms with Crippen molar-refractivity contribution in [3.8, 4) is 23.0 Å². The highest BCUT2D eigenvalue weighted by Crippen LogP contribution is 2.30. The Labute approximate surface area is 144 Å². The minimum Gasteiger partial charge on any atom is -0.497 e. The average Bonchev–Trinajstić information content (AvgIpc) is 3.31. The van der Waals surface area contributed by atoms with E-state index in [2.05, 4.69) is 10.3 Å². The highest BCUT2D eigenvalue weighted by atomic mass is 16.5. The number of hydrogen-bond acceptors (Lipinski definition) is 6. The van der Waals surface area contributed by atoms with E-state index in [0.29, 0.717) is 17.3 Å². The number of methoxy groups -OCH3 is 2. The largest absolute Gasteiger partial charge is 0.497 e. The molecule has 0 aliphatic heterocycles. The van der Waals surface area contributed by atoms with Gasteiger partial charge in [-0.1, -0.05) is 0 Å². The number of hydrogen-bond donors (Lipinski definition) is 1. The molecule has 2 heterocycles. The molecule has 0 saturated heterocycles. The van der Waals surface area contributed by atoms with Crippen LogP contribution in [0.3, 0.4) is 0 Å². The summed E-state index contributed by atoms with van der Waals surface area (Å²) in [5.74, 6) is 1.67. The predicted octanol–water partition coefficient (Wildman–Crippen LogP) is 3.44. The number of furan rings is 1. The molecular weight excluding hydrogens is 324 g/mol. The molecule has 0 bridgehead atoms. The lowest BCUT2D eigenvalue weighted by molar-refractivity contribution is 0.0935. The van der Waals surface area contributed by atoms with Crippen LogP contribution in [0, 0.1) is 0 Å². The number of amides is 1. The molecule has 3 rings (SSSR count). The third kappa shape index (κ3) is 3.35. The van der Waals surface area contributed by atoms with Crippen LogP contribution in [0.4, 0.5) is 0 Å². The fraction of sp³-hybridized carbons (Fsp3) is 0.222. The van der Waals surface area contributed by atoms with Gasteiger partial charge in [-0.05, 0) is 37.3 Å². The predicted molar refractivity (Wildman–Crippen MR) is 89.6 cm³/mol. The SMILES string of the molecule is COc1ccc(OC)c(C(C)NC(=O)c2ncoc2-c2ccco2)c1. The second kappa shape index (κ2) is 7.12. The molecular formula is C18H18N2O5. The summed E-state index contributed by atoms with van der Waals surface area (Å²) < 4.78 is 21.2. The van der Waals surface area contributed by atoms with Gasteiger partial charge in [0.1, 0.15) is 11.5 Å². The summed E-state index contributed by atoms with van der Waals surface area (Å²) in [5.41, 5.74) is 0.946. The maximum absolute atomic E-state index is 12.6.